The summed E-state index contributed by atoms with van der Waals surface area (Å²) in [7, 11) is 0. The molecule has 0 fully saturated rings. The number of alkyl halides is 3. The van der Waals surface area contributed by atoms with Crippen LogP contribution < -0.4 is 16.4 Å². The Morgan fingerprint density at radius 1 is 0.976 bits per heavy atom. The molecule has 2 rings (SSSR count). The lowest BCUT2D eigenvalue weighted by Crippen LogP contribution is -2.49. The fourth-order valence-electron chi connectivity index (χ4n) is 4.51. The van der Waals surface area contributed by atoms with Gasteiger partial charge in [-0.25, -0.2) is 0 Å². The summed E-state index contributed by atoms with van der Waals surface area (Å²) in [5, 5.41) is 16.8. The Labute approximate surface area is 245 Å². The van der Waals surface area contributed by atoms with Crippen LogP contribution >= 0.6 is 0 Å². The second kappa shape index (κ2) is 16.3. The van der Waals surface area contributed by atoms with Crippen LogP contribution in [-0.4, -0.2) is 66.1 Å². The molecule has 0 aliphatic carbocycles. The van der Waals surface area contributed by atoms with E-state index in [0.717, 1.165) is 31.4 Å². The lowest BCUT2D eigenvalue weighted by atomic mass is 9.98. The minimum Gasteiger partial charge on any atom is -0.390 e. The number of rotatable bonds is 16. The molecular weight excluding hydrogens is 549 g/mol. The zero-order valence-electron chi connectivity index (χ0n) is 24.8. The van der Waals surface area contributed by atoms with Crippen LogP contribution in [0.25, 0.3) is 0 Å². The van der Waals surface area contributed by atoms with Gasteiger partial charge >= 0.3 is 6.18 Å². The number of hydrogen-bond donors (Lipinski definition) is 4. The van der Waals surface area contributed by atoms with Gasteiger partial charge in [-0.05, 0) is 68.0 Å². The number of amides is 3. The van der Waals surface area contributed by atoms with Crippen molar-refractivity contribution < 1.29 is 32.7 Å². The number of halogens is 3. The summed E-state index contributed by atoms with van der Waals surface area (Å²) in [5.41, 5.74) is 4.98. The Kier molecular flexibility index (Phi) is 13.5. The second-order valence-corrected chi connectivity index (χ2v) is 10.9. The second-order valence-electron chi connectivity index (χ2n) is 10.9. The smallest absolute Gasteiger partial charge is 0.390 e. The fourth-order valence-corrected chi connectivity index (χ4v) is 4.51. The quantitative estimate of drug-likeness (QED) is 0.215. The normalized spacial score (nSPS) is 13.1. The number of aliphatic hydroxyl groups excluding tert-OH is 1. The summed E-state index contributed by atoms with van der Waals surface area (Å²) < 4.78 is 40.0. The van der Waals surface area contributed by atoms with E-state index in [1.807, 2.05) is 13.8 Å². The molecule has 5 N–H and O–H groups in total. The summed E-state index contributed by atoms with van der Waals surface area (Å²) in [4.78, 5) is 40.4. The maximum Gasteiger partial charge on any atom is 0.416 e. The molecule has 0 radical (unpaired) electrons. The van der Waals surface area contributed by atoms with E-state index in [4.69, 9.17) is 5.73 Å². The monoisotopic (exact) mass is 592 g/mol. The third kappa shape index (κ3) is 10.8. The van der Waals surface area contributed by atoms with E-state index in [9.17, 15) is 32.7 Å². The molecule has 42 heavy (non-hydrogen) atoms. The molecule has 0 saturated carbocycles. The van der Waals surface area contributed by atoms with Crippen molar-refractivity contribution in [1.29, 1.82) is 0 Å². The Hall–Kier alpha value is -3.44. The topological polar surface area (TPSA) is 125 Å². The number of nitrogens with zero attached hydrogens (tertiary/aromatic N) is 1. The van der Waals surface area contributed by atoms with Crippen molar-refractivity contribution in [3.05, 3.63) is 70.3 Å². The van der Waals surface area contributed by atoms with E-state index in [1.165, 1.54) is 30.3 Å². The molecule has 0 heterocycles. The third-order valence-corrected chi connectivity index (χ3v) is 6.74. The van der Waals surface area contributed by atoms with Crippen molar-refractivity contribution in [2.24, 2.45) is 11.7 Å². The molecule has 0 bridgehead atoms. The molecular formula is C31H43F3N4O4. The van der Waals surface area contributed by atoms with Crippen molar-refractivity contribution >= 4 is 17.7 Å². The molecule has 2 atom stereocenters. The van der Waals surface area contributed by atoms with E-state index in [1.54, 1.807) is 4.90 Å². The Morgan fingerprint density at radius 3 is 2.17 bits per heavy atom. The van der Waals surface area contributed by atoms with Gasteiger partial charge in [-0.3, -0.25) is 14.4 Å². The van der Waals surface area contributed by atoms with E-state index in [0.29, 0.717) is 25.6 Å². The number of nitrogens with one attached hydrogen (secondary N) is 2. The summed E-state index contributed by atoms with van der Waals surface area (Å²) >= 11 is 0. The molecule has 2 aromatic rings. The highest BCUT2D eigenvalue weighted by atomic mass is 19.4. The zero-order valence-corrected chi connectivity index (χ0v) is 24.8. The van der Waals surface area contributed by atoms with Crippen LogP contribution in [0.1, 0.15) is 89.2 Å². The number of primary amides is 1. The molecule has 8 nitrogen and oxygen atoms in total. The van der Waals surface area contributed by atoms with E-state index >= 15 is 0 Å². The van der Waals surface area contributed by atoms with Crippen LogP contribution in [0.15, 0.2) is 42.5 Å². The molecule has 0 aromatic heterocycles. The van der Waals surface area contributed by atoms with Gasteiger partial charge in [0.05, 0.1) is 17.7 Å². The predicted molar refractivity (Wildman–Crippen MR) is 156 cm³/mol. The molecule has 2 aromatic carbocycles. The van der Waals surface area contributed by atoms with Gasteiger partial charge in [0.25, 0.3) is 11.8 Å². The maximum absolute atomic E-state index is 13.5. The van der Waals surface area contributed by atoms with Gasteiger partial charge in [-0.2, -0.15) is 13.2 Å². The minimum atomic E-state index is -4.55. The van der Waals surface area contributed by atoms with Crippen molar-refractivity contribution in [3.63, 3.8) is 0 Å². The average Bonchev–Trinajstić information content (AvgIpc) is 2.93. The van der Waals surface area contributed by atoms with Gasteiger partial charge < -0.3 is 26.4 Å². The summed E-state index contributed by atoms with van der Waals surface area (Å²) in [6, 6.07) is 7.68. The van der Waals surface area contributed by atoms with Gasteiger partial charge in [0.1, 0.15) is 0 Å². The Bertz CT molecular complexity index is 1200. The number of carbonyl (C=O) groups is 3. The molecule has 11 heteroatoms. The van der Waals surface area contributed by atoms with Gasteiger partial charge in [0.15, 0.2) is 0 Å². The van der Waals surface area contributed by atoms with Gasteiger partial charge in [-0.1, -0.05) is 45.9 Å². The number of aliphatic hydroxyl groups is 1. The number of benzene rings is 2. The first-order chi connectivity index (χ1) is 19.8. The van der Waals surface area contributed by atoms with E-state index in [2.05, 4.69) is 24.5 Å². The number of hydrogen-bond acceptors (Lipinski definition) is 5. The fraction of sp³-hybridized carbons (Fsp3) is 0.516. The van der Waals surface area contributed by atoms with Crippen LogP contribution in [0.4, 0.5) is 13.2 Å². The highest BCUT2D eigenvalue weighted by Crippen LogP contribution is 2.30. The van der Waals surface area contributed by atoms with Crippen molar-refractivity contribution in [1.82, 2.24) is 15.5 Å². The first-order valence-corrected chi connectivity index (χ1v) is 14.4. The molecule has 3 amide bonds. The lowest BCUT2D eigenvalue weighted by Gasteiger charge is -2.26. The number of nitrogens with two attached hydrogens (primary N) is 1. The Morgan fingerprint density at radius 2 is 1.60 bits per heavy atom. The molecule has 0 spiro atoms. The van der Waals surface area contributed by atoms with Crippen molar-refractivity contribution in [2.45, 2.75) is 71.7 Å². The zero-order chi connectivity index (χ0) is 31.4. The van der Waals surface area contributed by atoms with Gasteiger partial charge in [0.2, 0.25) is 5.91 Å². The lowest BCUT2D eigenvalue weighted by molar-refractivity contribution is -0.137. The van der Waals surface area contributed by atoms with Crippen LogP contribution in [0, 0.1) is 5.92 Å². The van der Waals surface area contributed by atoms with Crippen LogP contribution in [-0.2, 0) is 12.6 Å². The SMILES string of the molecule is CCCN(CCC)C(=O)c1cc(C(N)=O)cc(C(=O)N[C@@H](Cc2cccc(C(F)(F)F)c2)[C@H](O)CNCCC(C)C)c1. The summed E-state index contributed by atoms with van der Waals surface area (Å²) in [6.07, 6.45) is -3.51. The minimum absolute atomic E-state index is 0.0309. The van der Waals surface area contributed by atoms with Crippen molar-refractivity contribution in [2.75, 3.05) is 26.2 Å². The highest BCUT2D eigenvalue weighted by Gasteiger charge is 2.31. The first kappa shape index (κ1) is 34.8. The van der Waals surface area contributed by atoms with Crippen LogP contribution in [0.2, 0.25) is 0 Å². The summed E-state index contributed by atoms with van der Waals surface area (Å²) in [6.45, 7) is 9.65. The van der Waals surface area contributed by atoms with Crippen LogP contribution in [0.5, 0.6) is 0 Å². The average molecular weight is 593 g/mol. The molecule has 0 saturated heterocycles. The Balaban J connectivity index is 2.40. The summed E-state index contributed by atoms with van der Waals surface area (Å²) in [5.74, 6) is -1.46. The third-order valence-electron chi connectivity index (χ3n) is 6.74. The first-order valence-electron chi connectivity index (χ1n) is 14.4. The van der Waals surface area contributed by atoms with Gasteiger partial charge in [0, 0.05) is 36.3 Å². The van der Waals surface area contributed by atoms with E-state index < -0.39 is 35.7 Å². The number of carbonyl (C=O) groups excluding carboxylic acids is 3. The molecule has 0 aliphatic heterocycles. The highest BCUT2D eigenvalue weighted by molar-refractivity contribution is 6.04. The standard InChI is InChI=1S/C31H43F3N4O4/c1-5-12-38(13-6-2)30(42)24-17-22(28(35)40)16-23(18-24)29(41)37-26(27(39)19-36-11-10-20(3)4)15-21-8-7-9-25(14-21)31(32,33)34/h7-9,14,16-18,20,26-27,36,39H,5-6,10-13,15,19H2,1-4H3,(H2,35,40)(H,37,41)/t26-,27+/m0/s1. The van der Waals surface area contributed by atoms with Crippen molar-refractivity contribution in [3.8, 4) is 0 Å². The molecule has 0 unspecified atom stereocenters. The molecule has 232 valence electrons. The van der Waals surface area contributed by atoms with Crippen LogP contribution in [0.3, 0.4) is 0 Å². The molecule has 0 aliphatic rings. The maximum atomic E-state index is 13.5. The predicted octanol–water partition coefficient (Wildman–Crippen LogP) is 4.40. The van der Waals surface area contributed by atoms with E-state index in [-0.39, 0.29) is 41.1 Å². The largest absolute Gasteiger partial charge is 0.416 e. The van der Waals surface area contributed by atoms with Gasteiger partial charge in [-0.15, -0.1) is 0 Å².